The second-order valence-electron chi connectivity index (χ2n) is 8.36. The maximum atomic E-state index is 13.2. The Morgan fingerprint density at radius 3 is 2.34 bits per heavy atom. The molecular formula is C24H29FN2O4S. The zero-order valence-corrected chi connectivity index (χ0v) is 18.9. The Morgan fingerprint density at radius 2 is 1.66 bits per heavy atom. The number of rotatable bonds is 6. The van der Waals surface area contributed by atoms with Crippen molar-refractivity contribution in [3.8, 4) is 0 Å². The Labute approximate surface area is 189 Å². The lowest BCUT2D eigenvalue weighted by Gasteiger charge is -2.33. The molecule has 1 atom stereocenters. The number of amides is 1. The highest BCUT2D eigenvalue weighted by Crippen LogP contribution is 2.24. The summed E-state index contributed by atoms with van der Waals surface area (Å²) in [5, 5.41) is 0. The molecule has 0 N–H and O–H groups in total. The van der Waals surface area contributed by atoms with Gasteiger partial charge in [-0.1, -0.05) is 30.7 Å². The van der Waals surface area contributed by atoms with Gasteiger partial charge in [0.2, 0.25) is 15.9 Å². The number of ether oxygens (including phenoxy) is 1. The molecule has 2 aliphatic rings. The molecule has 0 saturated carbocycles. The smallest absolute Gasteiger partial charge is 0.243 e. The van der Waals surface area contributed by atoms with Gasteiger partial charge in [0.25, 0.3) is 0 Å². The van der Waals surface area contributed by atoms with E-state index in [0.29, 0.717) is 50.5 Å². The molecule has 6 nitrogen and oxygen atoms in total. The van der Waals surface area contributed by atoms with Crippen molar-refractivity contribution in [2.24, 2.45) is 0 Å². The molecule has 172 valence electrons. The number of aryl methyl sites for hydroxylation is 1. The van der Waals surface area contributed by atoms with E-state index in [2.05, 4.69) is 0 Å². The fraction of sp³-hybridized carbons (Fsp3) is 0.458. The fourth-order valence-corrected chi connectivity index (χ4v) is 5.76. The Kier molecular flexibility index (Phi) is 7.23. The molecule has 0 bridgehead atoms. The zero-order valence-electron chi connectivity index (χ0n) is 18.1. The molecule has 0 aliphatic carbocycles. The third kappa shape index (κ3) is 5.36. The SMILES string of the molecule is O=C(CCc1ccc(S(=O)(=O)N2CCCCC2)cc1)N1CCOC(c2ccc(F)cc2)C1. The van der Waals surface area contributed by atoms with E-state index < -0.39 is 10.0 Å². The van der Waals surface area contributed by atoms with Crippen molar-refractivity contribution < 1.29 is 22.3 Å². The number of hydrogen-bond donors (Lipinski definition) is 0. The van der Waals surface area contributed by atoms with Crippen LogP contribution in [0.1, 0.15) is 42.9 Å². The molecule has 2 heterocycles. The molecular weight excluding hydrogens is 431 g/mol. The van der Waals surface area contributed by atoms with Crippen molar-refractivity contribution in [2.45, 2.75) is 43.1 Å². The molecule has 0 aromatic heterocycles. The lowest BCUT2D eigenvalue weighted by molar-refractivity contribution is -0.139. The first kappa shape index (κ1) is 22.9. The van der Waals surface area contributed by atoms with Crippen molar-refractivity contribution in [2.75, 3.05) is 32.8 Å². The Bertz CT molecular complexity index is 1020. The molecule has 2 saturated heterocycles. The van der Waals surface area contributed by atoms with Crippen LogP contribution in [-0.4, -0.2) is 56.3 Å². The van der Waals surface area contributed by atoms with Crippen LogP contribution in [-0.2, 0) is 26.0 Å². The number of carbonyl (C=O) groups excluding carboxylic acids is 1. The van der Waals surface area contributed by atoms with Crippen molar-refractivity contribution >= 4 is 15.9 Å². The topological polar surface area (TPSA) is 66.9 Å². The van der Waals surface area contributed by atoms with Crippen molar-refractivity contribution in [3.05, 3.63) is 65.5 Å². The van der Waals surface area contributed by atoms with E-state index in [1.807, 2.05) is 0 Å². The number of benzene rings is 2. The summed E-state index contributed by atoms with van der Waals surface area (Å²) in [6, 6.07) is 13.0. The van der Waals surface area contributed by atoms with Gasteiger partial charge in [0, 0.05) is 26.1 Å². The average molecular weight is 461 g/mol. The average Bonchev–Trinajstić information content (AvgIpc) is 2.84. The number of nitrogens with zero attached hydrogens (tertiary/aromatic N) is 2. The lowest BCUT2D eigenvalue weighted by atomic mass is 10.1. The Morgan fingerprint density at radius 1 is 0.969 bits per heavy atom. The van der Waals surface area contributed by atoms with Gasteiger partial charge >= 0.3 is 0 Å². The van der Waals surface area contributed by atoms with Crippen LogP contribution in [0.5, 0.6) is 0 Å². The minimum atomic E-state index is -3.44. The standard InChI is InChI=1S/C24H29FN2O4S/c25-21-9-7-20(8-10-21)23-18-26(16-17-31-23)24(28)13-6-19-4-11-22(12-5-19)32(29,30)27-14-2-1-3-15-27/h4-5,7-12,23H,1-3,6,13-18H2. The molecule has 8 heteroatoms. The predicted molar refractivity (Wildman–Crippen MR) is 119 cm³/mol. The molecule has 32 heavy (non-hydrogen) atoms. The first-order valence-electron chi connectivity index (χ1n) is 11.2. The minimum Gasteiger partial charge on any atom is -0.370 e. The van der Waals surface area contributed by atoms with E-state index in [9.17, 15) is 17.6 Å². The van der Waals surface area contributed by atoms with Crippen LogP contribution >= 0.6 is 0 Å². The molecule has 2 aliphatic heterocycles. The maximum Gasteiger partial charge on any atom is 0.243 e. The first-order chi connectivity index (χ1) is 15.4. The summed E-state index contributed by atoms with van der Waals surface area (Å²) < 4.78 is 46.0. The van der Waals surface area contributed by atoms with Crippen molar-refractivity contribution in [1.82, 2.24) is 9.21 Å². The third-order valence-electron chi connectivity index (χ3n) is 6.16. The molecule has 2 aromatic carbocycles. The van der Waals surface area contributed by atoms with Gasteiger partial charge in [-0.3, -0.25) is 4.79 Å². The lowest BCUT2D eigenvalue weighted by Crippen LogP contribution is -2.42. The molecule has 0 spiro atoms. The number of hydrogen-bond acceptors (Lipinski definition) is 4. The van der Waals surface area contributed by atoms with Gasteiger partial charge in [0.1, 0.15) is 11.9 Å². The summed E-state index contributed by atoms with van der Waals surface area (Å²) in [5.41, 5.74) is 1.79. The van der Waals surface area contributed by atoms with Gasteiger partial charge in [-0.15, -0.1) is 0 Å². The van der Waals surface area contributed by atoms with E-state index in [0.717, 1.165) is 30.4 Å². The molecule has 2 aromatic rings. The van der Waals surface area contributed by atoms with Crippen LogP contribution in [0, 0.1) is 5.82 Å². The summed E-state index contributed by atoms with van der Waals surface area (Å²) in [5.74, 6) is -0.266. The molecule has 2 fully saturated rings. The van der Waals surface area contributed by atoms with Crippen molar-refractivity contribution in [1.29, 1.82) is 0 Å². The number of halogens is 1. The largest absolute Gasteiger partial charge is 0.370 e. The van der Waals surface area contributed by atoms with E-state index in [1.54, 1.807) is 45.6 Å². The monoisotopic (exact) mass is 460 g/mol. The molecule has 1 amide bonds. The highest BCUT2D eigenvalue weighted by Gasteiger charge is 2.27. The summed E-state index contributed by atoms with van der Waals surface area (Å²) in [7, 11) is -3.44. The summed E-state index contributed by atoms with van der Waals surface area (Å²) >= 11 is 0. The minimum absolute atomic E-state index is 0.0328. The van der Waals surface area contributed by atoms with E-state index in [1.165, 1.54) is 12.1 Å². The quantitative estimate of drug-likeness (QED) is 0.662. The van der Waals surface area contributed by atoms with Crippen LogP contribution in [0.15, 0.2) is 53.4 Å². The fourth-order valence-electron chi connectivity index (χ4n) is 4.25. The van der Waals surface area contributed by atoms with Crippen LogP contribution in [0.2, 0.25) is 0 Å². The summed E-state index contributed by atoms with van der Waals surface area (Å²) in [4.78, 5) is 14.8. The number of morpholine rings is 1. The third-order valence-corrected chi connectivity index (χ3v) is 8.08. The van der Waals surface area contributed by atoms with E-state index >= 15 is 0 Å². The Hall–Kier alpha value is -2.29. The second kappa shape index (κ2) is 10.1. The molecule has 1 unspecified atom stereocenters. The van der Waals surface area contributed by atoms with Crippen LogP contribution in [0.4, 0.5) is 4.39 Å². The molecule has 4 rings (SSSR count). The van der Waals surface area contributed by atoms with Crippen LogP contribution in [0.3, 0.4) is 0 Å². The van der Waals surface area contributed by atoms with E-state index in [-0.39, 0.29) is 17.8 Å². The highest BCUT2D eigenvalue weighted by atomic mass is 32.2. The summed E-state index contributed by atoms with van der Waals surface area (Å²) in [6.07, 6.45) is 3.52. The zero-order chi connectivity index (χ0) is 22.6. The number of carbonyl (C=O) groups is 1. The Balaban J connectivity index is 1.32. The van der Waals surface area contributed by atoms with Gasteiger partial charge in [-0.05, 0) is 54.7 Å². The van der Waals surface area contributed by atoms with E-state index in [4.69, 9.17) is 4.74 Å². The maximum absolute atomic E-state index is 13.2. The number of sulfonamides is 1. The highest BCUT2D eigenvalue weighted by molar-refractivity contribution is 7.89. The van der Waals surface area contributed by atoms with Crippen molar-refractivity contribution in [3.63, 3.8) is 0 Å². The van der Waals surface area contributed by atoms with Gasteiger partial charge < -0.3 is 9.64 Å². The second-order valence-corrected chi connectivity index (χ2v) is 10.3. The van der Waals surface area contributed by atoms with Gasteiger partial charge in [-0.2, -0.15) is 4.31 Å². The predicted octanol–water partition coefficient (Wildman–Crippen LogP) is 3.53. The van der Waals surface area contributed by atoms with Gasteiger partial charge in [-0.25, -0.2) is 12.8 Å². The van der Waals surface area contributed by atoms with Crippen LogP contribution in [0.25, 0.3) is 0 Å². The molecule has 0 radical (unpaired) electrons. The first-order valence-corrected chi connectivity index (χ1v) is 12.6. The van der Waals surface area contributed by atoms with Crippen LogP contribution < -0.4 is 0 Å². The number of piperidine rings is 1. The van der Waals surface area contributed by atoms with Gasteiger partial charge in [0.15, 0.2) is 0 Å². The van der Waals surface area contributed by atoms with Gasteiger partial charge in [0.05, 0.1) is 18.0 Å². The summed E-state index contributed by atoms with van der Waals surface area (Å²) in [6.45, 7) is 2.58. The normalized spacial score (nSPS) is 20.3.